The zero-order valence-corrected chi connectivity index (χ0v) is 27.3. The summed E-state index contributed by atoms with van der Waals surface area (Å²) in [5.74, 6) is 0. The number of rotatable bonds is 2. The Morgan fingerprint density at radius 3 is 1.37 bits per heavy atom. The van der Waals surface area contributed by atoms with Gasteiger partial charge in [-0.3, -0.25) is 0 Å². The number of allylic oxidation sites excluding steroid dienone is 2. The Bertz CT molecular complexity index is 1550. The Labute approximate surface area is 240 Å². The fraction of sp³-hybridized carbons (Fsp3) is 0.200. The molecule has 1 heterocycles. The summed E-state index contributed by atoms with van der Waals surface area (Å²) in [6, 6.07) is 30.6. The third-order valence-corrected chi connectivity index (χ3v) is 25.0. The molecule has 0 amide bonds. The van der Waals surface area contributed by atoms with Crippen LogP contribution in [0.5, 0.6) is 0 Å². The molecule has 0 spiro atoms. The third kappa shape index (κ3) is 3.51. The van der Waals surface area contributed by atoms with Crippen molar-refractivity contribution in [3.8, 4) is 22.3 Å². The Balaban J connectivity index is 1.42. The van der Waals surface area contributed by atoms with Crippen molar-refractivity contribution in [1.29, 1.82) is 0 Å². The normalized spacial score (nSPS) is 21.6. The zero-order valence-electron chi connectivity index (χ0n) is 22.1. The minimum atomic E-state index is -3.03. The molecule has 1 fully saturated rings. The summed E-state index contributed by atoms with van der Waals surface area (Å²) in [4.78, 5) is 0. The van der Waals surface area contributed by atoms with Crippen LogP contribution in [-0.4, -0.2) is 0 Å². The third-order valence-electron chi connectivity index (χ3n) is 9.37. The first kappa shape index (κ1) is 24.8. The fourth-order valence-corrected chi connectivity index (χ4v) is 25.6. The van der Waals surface area contributed by atoms with E-state index in [1.54, 1.807) is 22.3 Å². The second kappa shape index (κ2) is 8.65. The van der Waals surface area contributed by atoms with Crippen LogP contribution in [0.2, 0.25) is 19.4 Å². The van der Waals surface area contributed by atoms with E-state index in [1.165, 1.54) is 33.4 Å². The quantitative estimate of drug-likeness (QED) is 0.183. The molecule has 1 aliphatic heterocycles. The summed E-state index contributed by atoms with van der Waals surface area (Å²) in [6.07, 6.45) is 5.12. The van der Waals surface area contributed by atoms with Gasteiger partial charge in [-0.2, -0.15) is 0 Å². The van der Waals surface area contributed by atoms with Crippen molar-refractivity contribution in [2.24, 2.45) is 5.41 Å². The summed E-state index contributed by atoms with van der Waals surface area (Å²) in [6.45, 7) is 4.94. The molecule has 3 heteroatoms. The number of hydrogen-bond acceptors (Lipinski definition) is 0. The molecule has 2 atom stereocenters. The van der Waals surface area contributed by atoms with Crippen LogP contribution in [0.3, 0.4) is 0 Å². The minimum absolute atomic E-state index is 0.00255. The Hall–Kier alpha value is -2.19. The van der Waals surface area contributed by atoms with Crippen LogP contribution in [0.15, 0.2) is 96.1 Å². The zero-order chi connectivity index (χ0) is 26.4. The molecule has 38 heavy (non-hydrogen) atoms. The second-order valence-corrected chi connectivity index (χ2v) is 30.3. The first-order chi connectivity index (χ1) is 18.2. The topological polar surface area (TPSA) is 0 Å². The number of fused-ring (bicyclic) bond motifs is 6. The predicted molar refractivity (Wildman–Crippen MR) is 161 cm³/mol. The van der Waals surface area contributed by atoms with Crippen molar-refractivity contribution >= 4 is 35.4 Å². The molecular formula is C35H30Cl2Hf. The van der Waals surface area contributed by atoms with Crippen LogP contribution < -0.4 is 0 Å². The maximum absolute atomic E-state index is 6.23. The van der Waals surface area contributed by atoms with Crippen molar-refractivity contribution in [3.05, 3.63) is 128 Å². The van der Waals surface area contributed by atoms with Gasteiger partial charge in [0, 0.05) is 0 Å². The van der Waals surface area contributed by atoms with Gasteiger partial charge < -0.3 is 0 Å². The van der Waals surface area contributed by atoms with Gasteiger partial charge in [-0.1, -0.05) is 0 Å². The Kier molecular flexibility index (Phi) is 5.65. The van der Waals surface area contributed by atoms with E-state index in [9.17, 15) is 0 Å². The molecule has 0 aromatic heterocycles. The maximum atomic E-state index is 6.23. The van der Waals surface area contributed by atoms with Crippen molar-refractivity contribution in [3.63, 3.8) is 0 Å². The van der Waals surface area contributed by atoms with Crippen LogP contribution in [0.25, 0.3) is 34.4 Å². The molecule has 3 aliphatic rings. The average Bonchev–Trinajstić information content (AvgIpc) is 3.51. The molecule has 0 nitrogen and oxygen atoms in total. The molecular weight excluding hydrogens is 670 g/mol. The van der Waals surface area contributed by atoms with Crippen molar-refractivity contribution in [1.82, 2.24) is 0 Å². The molecule has 7 rings (SSSR count). The fourth-order valence-electron chi connectivity index (χ4n) is 7.59. The number of benzene rings is 4. The molecule has 2 aliphatic carbocycles. The first-order valence-electron chi connectivity index (χ1n) is 13.4. The standard InChI is InChI=1S/C33H24Cl2.2CH3.Hf/c1-33(2,25-17-23-5-3-7-29(31(23)19-25)21-9-13-27(34)14-10-21)26-18-24-6-4-8-30(32(24)20-26)22-11-15-28(35)16-12-22;;;/h3-20H,1-2H3;2*1H3;. The van der Waals surface area contributed by atoms with Crippen LogP contribution in [0.4, 0.5) is 0 Å². The molecule has 0 radical (unpaired) electrons. The van der Waals surface area contributed by atoms with E-state index >= 15 is 0 Å². The van der Waals surface area contributed by atoms with Gasteiger partial charge in [-0.05, 0) is 0 Å². The van der Waals surface area contributed by atoms with Gasteiger partial charge >= 0.3 is 242 Å². The second-order valence-electron chi connectivity index (χ2n) is 12.1. The van der Waals surface area contributed by atoms with Crippen LogP contribution >= 0.6 is 23.2 Å². The van der Waals surface area contributed by atoms with Crippen molar-refractivity contribution < 1.29 is 20.0 Å². The molecule has 0 N–H and O–H groups in total. The van der Waals surface area contributed by atoms with E-state index in [-0.39, 0.29) is 5.41 Å². The summed E-state index contributed by atoms with van der Waals surface area (Å²) in [7, 11) is 0. The Morgan fingerprint density at radius 1 is 0.579 bits per heavy atom. The van der Waals surface area contributed by atoms with E-state index in [4.69, 9.17) is 23.2 Å². The molecule has 188 valence electrons. The summed E-state index contributed by atoms with van der Waals surface area (Å²) < 4.78 is 6.56. The predicted octanol–water partition coefficient (Wildman–Crippen LogP) is 11.2. The molecule has 0 bridgehead atoms. The summed E-state index contributed by atoms with van der Waals surface area (Å²) in [5.41, 5.74) is 14.3. The van der Waals surface area contributed by atoms with Gasteiger partial charge in [-0.15, -0.1) is 0 Å². The van der Waals surface area contributed by atoms with Crippen LogP contribution in [0, 0.1) is 5.41 Å². The average molecular weight is 700 g/mol. The molecule has 4 aromatic carbocycles. The van der Waals surface area contributed by atoms with Crippen molar-refractivity contribution in [2.75, 3.05) is 0 Å². The summed E-state index contributed by atoms with van der Waals surface area (Å²) in [5, 5.41) is 1.56. The molecule has 1 saturated heterocycles. The van der Waals surface area contributed by atoms with E-state index in [0.717, 1.165) is 10.0 Å². The van der Waals surface area contributed by atoms with Gasteiger partial charge in [0.25, 0.3) is 0 Å². The SMILES string of the molecule is CC1(C)C2=Cc3c(-c4ccc(Cl)cc4)cccc3[CH]2[Hf]([CH3])([CH3])[CH]2C1=Cc1c(-c3ccc(Cl)cc3)cccc12. The first-order valence-corrected chi connectivity index (χ1v) is 25.5. The summed E-state index contributed by atoms with van der Waals surface area (Å²) >= 11 is 9.43. The van der Waals surface area contributed by atoms with Gasteiger partial charge in [0.15, 0.2) is 0 Å². The van der Waals surface area contributed by atoms with E-state index < -0.39 is 20.0 Å². The monoisotopic (exact) mass is 700 g/mol. The van der Waals surface area contributed by atoms with Crippen molar-refractivity contribution in [2.45, 2.75) is 30.6 Å². The number of halogens is 2. The van der Waals surface area contributed by atoms with E-state index in [1.807, 2.05) is 24.3 Å². The van der Waals surface area contributed by atoms with E-state index in [2.05, 4.69) is 96.0 Å². The van der Waals surface area contributed by atoms with Crippen LogP contribution in [-0.2, 0) is 20.0 Å². The van der Waals surface area contributed by atoms with E-state index in [0.29, 0.717) is 7.35 Å². The number of hydrogen-bond donors (Lipinski definition) is 0. The molecule has 4 aromatic rings. The van der Waals surface area contributed by atoms with Crippen LogP contribution in [0.1, 0.15) is 43.5 Å². The Morgan fingerprint density at radius 2 is 0.974 bits per heavy atom. The molecule has 2 unspecified atom stereocenters. The molecule has 0 saturated carbocycles. The van der Waals surface area contributed by atoms with Gasteiger partial charge in [0.05, 0.1) is 0 Å². The van der Waals surface area contributed by atoms with Gasteiger partial charge in [0.1, 0.15) is 0 Å². The van der Waals surface area contributed by atoms with Gasteiger partial charge in [-0.25, -0.2) is 0 Å². The van der Waals surface area contributed by atoms with Gasteiger partial charge in [0.2, 0.25) is 0 Å².